The number of hydrogen-bond donors (Lipinski definition) is 0. The van der Waals surface area contributed by atoms with Crippen molar-refractivity contribution in [3.63, 3.8) is 0 Å². The van der Waals surface area contributed by atoms with E-state index >= 15 is 0 Å². The summed E-state index contributed by atoms with van der Waals surface area (Å²) in [6.45, 7) is 4.34. The van der Waals surface area contributed by atoms with E-state index in [0.717, 1.165) is 11.6 Å². The van der Waals surface area contributed by atoms with Crippen molar-refractivity contribution in [1.82, 2.24) is 0 Å². The molecule has 0 spiro atoms. The first-order valence-corrected chi connectivity index (χ1v) is 9.27. The molecule has 1 aliphatic rings. The van der Waals surface area contributed by atoms with Gasteiger partial charge in [0.25, 0.3) is 0 Å². The summed E-state index contributed by atoms with van der Waals surface area (Å²) in [5.41, 5.74) is 2.75. The number of halogens is 3. The van der Waals surface area contributed by atoms with Crippen molar-refractivity contribution in [2.75, 3.05) is 13.2 Å². The molecule has 1 aliphatic heterocycles. The summed E-state index contributed by atoms with van der Waals surface area (Å²) in [5, 5.41) is 0. The predicted octanol–water partition coefficient (Wildman–Crippen LogP) is 6.08. The van der Waals surface area contributed by atoms with Crippen LogP contribution in [0.1, 0.15) is 11.5 Å². The average molecular weight is 396 g/mol. The Labute approximate surface area is 167 Å². The second-order valence-corrected chi connectivity index (χ2v) is 6.88. The third kappa shape index (κ3) is 3.97. The smallest absolute Gasteiger partial charge is 0.176 e. The molecule has 0 aliphatic carbocycles. The fraction of sp³-hybridized carbons (Fsp3) is 0.167. The minimum Gasteiger partial charge on any atom is -0.348 e. The highest BCUT2D eigenvalue weighted by molar-refractivity contribution is 5.71. The molecule has 3 aromatic carbocycles. The second kappa shape index (κ2) is 8.23. The van der Waals surface area contributed by atoms with Gasteiger partial charge in [-0.25, -0.2) is 13.2 Å². The summed E-state index contributed by atoms with van der Waals surface area (Å²) in [6.07, 6.45) is 1.12. The Balaban J connectivity index is 1.55. The first-order chi connectivity index (χ1) is 14.1. The summed E-state index contributed by atoms with van der Waals surface area (Å²) in [5.74, 6) is -2.29. The van der Waals surface area contributed by atoms with Crippen molar-refractivity contribution in [2.24, 2.45) is 0 Å². The van der Waals surface area contributed by atoms with E-state index in [2.05, 4.69) is 6.58 Å². The minimum atomic E-state index is -0.890. The van der Waals surface area contributed by atoms with Gasteiger partial charge in [-0.15, -0.1) is 0 Å². The third-order valence-corrected chi connectivity index (χ3v) is 5.04. The van der Waals surface area contributed by atoms with Gasteiger partial charge in [0.15, 0.2) is 17.9 Å². The zero-order valence-electron chi connectivity index (χ0n) is 15.6. The van der Waals surface area contributed by atoms with Gasteiger partial charge in [-0.05, 0) is 40.5 Å². The molecule has 3 aromatic rings. The molecular formula is C24H19F3O2. The molecule has 0 saturated carbocycles. The van der Waals surface area contributed by atoms with Crippen LogP contribution in [0.5, 0.6) is 0 Å². The lowest BCUT2D eigenvalue weighted by Crippen LogP contribution is -2.29. The Morgan fingerprint density at radius 1 is 0.793 bits per heavy atom. The maximum atomic E-state index is 14.7. The van der Waals surface area contributed by atoms with E-state index in [9.17, 15) is 13.2 Å². The lowest BCUT2D eigenvalue weighted by Gasteiger charge is -2.28. The van der Waals surface area contributed by atoms with Gasteiger partial charge in [-0.3, -0.25) is 0 Å². The quantitative estimate of drug-likeness (QED) is 0.498. The molecule has 2 nitrogen and oxygen atoms in total. The van der Waals surface area contributed by atoms with Gasteiger partial charge in [0, 0.05) is 11.5 Å². The van der Waals surface area contributed by atoms with E-state index < -0.39 is 17.9 Å². The van der Waals surface area contributed by atoms with Crippen LogP contribution < -0.4 is 0 Å². The van der Waals surface area contributed by atoms with Crippen molar-refractivity contribution < 1.29 is 22.6 Å². The van der Waals surface area contributed by atoms with Crippen LogP contribution in [-0.2, 0) is 9.47 Å². The zero-order chi connectivity index (χ0) is 20.4. The van der Waals surface area contributed by atoms with Gasteiger partial charge in [-0.2, -0.15) is 0 Å². The summed E-state index contributed by atoms with van der Waals surface area (Å²) in [7, 11) is 0. The Morgan fingerprint density at radius 3 is 2.10 bits per heavy atom. The normalized spacial score (nSPS) is 19.1. The van der Waals surface area contributed by atoms with Gasteiger partial charge in [0.05, 0.1) is 13.2 Å². The Morgan fingerprint density at radius 2 is 1.45 bits per heavy atom. The molecule has 0 atom stereocenters. The first-order valence-electron chi connectivity index (χ1n) is 9.27. The SMILES string of the molecule is C=CC1OCC(c2ccc(-c3ccc(-c4cccc(F)c4F)cc3)cc2F)CO1. The number of ether oxygens (including phenoxy) is 2. The van der Waals surface area contributed by atoms with E-state index in [1.165, 1.54) is 18.2 Å². The van der Waals surface area contributed by atoms with E-state index in [1.54, 1.807) is 36.4 Å². The molecule has 29 heavy (non-hydrogen) atoms. The molecule has 1 heterocycles. The minimum absolute atomic E-state index is 0.182. The van der Waals surface area contributed by atoms with Crippen molar-refractivity contribution in [2.45, 2.75) is 12.2 Å². The molecule has 0 unspecified atom stereocenters. The maximum Gasteiger partial charge on any atom is 0.176 e. The summed E-state index contributed by atoms with van der Waals surface area (Å²) < 4.78 is 53.1. The fourth-order valence-corrected chi connectivity index (χ4v) is 3.44. The number of benzene rings is 3. The van der Waals surface area contributed by atoms with Crippen LogP contribution in [0.3, 0.4) is 0 Å². The molecule has 0 radical (unpaired) electrons. The van der Waals surface area contributed by atoms with Crippen LogP contribution in [0, 0.1) is 17.5 Å². The molecule has 148 valence electrons. The largest absolute Gasteiger partial charge is 0.348 e. The Hall–Kier alpha value is -2.89. The van der Waals surface area contributed by atoms with Crippen molar-refractivity contribution in [3.05, 3.63) is 96.3 Å². The average Bonchev–Trinajstić information content (AvgIpc) is 2.76. The highest BCUT2D eigenvalue weighted by atomic mass is 19.2. The molecule has 0 N–H and O–H groups in total. The zero-order valence-corrected chi connectivity index (χ0v) is 15.6. The molecular weight excluding hydrogens is 377 g/mol. The molecule has 0 aromatic heterocycles. The molecule has 0 bridgehead atoms. The molecule has 5 heteroatoms. The van der Waals surface area contributed by atoms with Crippen LogP contribution in [0.4, 0.5) is 13.2 Å². The second-order valence-electron chi connectivity index (χ2n) is 6.88. The Kier molecular flexibility index (Phi) is 5.51. The standard InChI is InChI=1S/C24H19F3O2/c1-2-23-28-13-18(14-29-23)19-11-10-17(12-22(19)26)15-6-8-16(9-7-15)20-4-3-5-21(25)24(20)27/h2-12,18,23H,1,13-14H2. The van der Waals surface area contributed by atoms with Crippen LogP contribution in [-0.4, -0.2) is 19.5 Å². The van der Waals surface area contributed by atoms with Gasteiger partial charge in [0.1, 0.15) is 5.82 Å². The number of rotatable bonds is 4. The fourth-order valence-electron chi connectivity index (χ4n) is 3.44. The molecule has 4 rings (SSSR count). The summed E-state index contributed by atoms with van der Waals surface area (Å²) >= 11 is 0. The maximum absolute atomic E-state index is 14.7. The van der Waals surface area contributed by atoms with E-state index in [0.29, 0.717) is 29.9 Å². The van der Waals surface area contributed by atoms with Gasteiger partial charge in [-0.1, -0.05) is 55.1 Å². The van der Waals surface area contributed by atoms with E-state index in [-0.39, 0.29) is 17.3 Å². The van der Waals surface area contributed by atoms with Gasteiger partial charge >= 0.3 is 0 Å². The number of hydrogen-bond acceptors (Lipinski definition) is 2. The van der Waals surface area contributed by atoms with Crippen LogP contribution in [0.25, 0.3) is 22.3 Å². The van der Waals surface area contributed by atoms with Crippen LogP contribution >= 0.6 is 0 Å². The van der Waals surface area contributed by atoms with E-state index in [1.807, 2.05) is 6.07 Å². The van der Waals surface area contributed by atoms with Gasteiger partial charge in [0.2, 0.25) is 0 Å². The first kappa shape index (κ1) is 19.4. The van der Waals surface area contributed by atoms with Gasteiger partial charge < -0.3 is 9.47 Å². The highest BCUT2D eigenvalue weighted by Gasteiger charge is 2.24. The monoisotopic (exact) mass is 396 g/mol. The van der Waals surface area contributed by atoms with Crippen LogP contribution in [0.2, 0.25) is 0 Å². The van der Waals surface area contributed by atoms with E-state index in [4.69, 9.17) is 9.47 Å². The highest BCUT2D eigenvalue weighted by Crippen LogP contribution is 2.31. The van der Waals surface area contributed by atoms with Crippen molar-refractivity contribution in [1.29, 1.82) is 0 Å². The van der Waals surface area contributed by atoms with Crippen molar-refractivity contribution in [3.8, 4) is 22.3 Å². The molecule has 1 saturated heterocycles. The van der Waals surface area contributed by atoms with Crippen LogP contribution in [0.15, 0.2) is 73.3 Å². The van der Waals surface area contributed by atoms with Crippen molar-refractivity contribution >= 4 is 0 Å². The lowest BCUT2D eigenvalue weighted by atomic mass is 9.95. The molecule has 0 amide bonds. The topological polar surface area (TPSA) is 18.5 Å². The predicted molar refractivity (Wildman–Crippen MR) is 106 cm³/mol. The Bertz CT molecular complexity index is 1020. The summed E-state index contributed by atoms with van der Waals surface area (Å²) in [4.78, 5) is 0. The summed E-state index contributed by atoms with van der Waals surface area (Å²) in [6, 6.07) is 16.0. The molecule has 1 fully saturated rings. The third-order valence-electron chi connectivity index (χ3n) is 5.04. The lowest BCUT2D eigenvalue weighted by molar-refractivity contribution is -0.159.